The van der Waals surface area contributed by atoms with Crippen molar-refractivity contribution in [3.63, 3.8) is 0 Å². The van der Waals surface area contributed by atoms with Crippen LogP contribution in [-0.2, 0) is 6.42 Å². The van der Waals surface area contributed by atoms with Crippen LogP contribution in [0.3, 0.4) is 0 Å². The molecule has 1 saturated heterocycles. The lowest BCUT2D eigenvalue weighted by molar-refractivity contribution is 0.0980. The number of likely N-dealkylation sites (tertiary alicyclic amines) is 1. The SMILES string of the molecule is CC(C)Oc1ccc(C(=O)CCCC(N)=NC(Cc2ccc3c(c2)OCCO3)CN2CCCC2)cc1. The van der Waals surface area contributed by atoms with Gasteiger partial charge in [-0.25, -0.2) is 0 Å². The van der Waals surface area contributed by atoms with E-state index in [-0.39, 0.29) is 17.9 Å². The van der Waals surface area contributed by atoms with Crippen LogP contribution < -0.4 is 19.9 Å². The van der Waals surface area contributed by atoms with E-state index in [1.807, 2.05) is 44.2 Å². The second kappa shape index (κ2) is 12.8. The highest BCUT2D eigenvalue weighted by atomic mass is 16.6. The first-order chi connectivity index (χ1) is 17.5. The van der Waals surface area contributed by atoms with E-state index < -0.39 is 0 Å². The molecule has 0 radical (unpaired) electrons. The molecule has 2 N–H and O–H groups in total. The Bertz CT molecular complexity index is 1030. The number of nitrogens with two attached hydrogens (primary N) is 1. The van der Waals surface area contributed by atoms with Crippen molar-refractivity contribution in [1.82, 2.24) is 4.90 Å². The topological polar surface area (TPSA) is 86.4 Å². The number of Topliss-reactive ketones (excluding diaryl/α,β-unsaturated/α-hetero) is 1. The van der Waals surface area contributed by atoms with Gasteiger partial charge in [0.05, 0.1) is 18.0 Å². The van der Waals surface area contributed by atoms with Gasteiger partial charge in [-0.2, -0.15) is 0 Å². The number of carbonyl (C=O) groups excluding carboxylic acids is 1. The highest BCUT2D eigenvalue weighted by Crippen LogP contribution is 2.31. The van der Waals surface area contributed by atoms with Crippen LogP contribution in [0.2, 0.25) is 0 Å². The Hall–Kier alpha value is -3.06. The van der Waals surface area contributed by atoms with Gasteiger partial charge in [0.15, 0.2) is 17.3 Å². The third-order valence-corrected chi connectivity index (χ3v) is 6.48. The molecule has 2 aliphatic heterocycles. The molecule has 36 heavy (non-hydrogen) atoms. The number of nitrogens with zero attached hydrogens (tertiary/aromatic N) is 2. The first-order valence-electron chi connectivity index (χ1n) is 13.2. The summed E-state index contributed by atoms with van der Waals surface area (Å²) in [6.07, 6.45) is 5.11. The molecule has 1 atom stereocenters. The molecule has 0 bridgehead atoms. The Morgan fingerprint density at radius 3 is 2.47 bits per heavy atom. The fraction of sp³-hybridized carbons (Fsp3) is 0.517. The van der Waals surface area contributed by atoms with Gasteiger partial charge >= 0.3 is 0 Å². The Kier molecular flexibility index (Phi) is 9.23. The molecule has 4 rings (SSSR count). The second-order valence-corrected chi connectivity index (χ2v) is 9.93. The molecule has 2 aromatic carbocycles. The lowest BCUT2D eigenvalue weighted by Gasteiger charge is -2.23. The molecule has 194 valence electrons. The van der Waals surface area contributed by atoms with Crippen LogP contribution in [0.5, 0.6) is 17.2 Å². The number of rotatable bonds is 12. The highest BCUT2D eigenvalue weighted by molar-refractivity contribution is 5.96. The van der Waals surface area contributed by atoms with Gasteiger partial charge in [0.2, 0.25) is 0 Å². The molecular weight excluding hydrogens is 454 g/mol. The molecule has 1 unspecified atom stereocenters. The standard InChI is InChI=1S/C29H39N3O4/c1-21(2)36-25-11-9-23(10-12-25)26(33)6-5-7-29(30)31-24(20-32-14-3-4-15-32)18-22-8-13-27-28(19-22)35-17-16-34-27/h8-13,19,21,24H,3-7,14-18,20H2,1-2H3,(H2,30,31). The molecule has 0 aromatic heterocycles. The molecule has 7 nitrogen and oxygen atoms in total. The normalized spacial score (nSPS) is 16.8. The molecule has 2 aliphatic rings. The number of hydrogen-bond donors (Lipinski definition) is 1. The Morgan fingerprint density at radius 1 is 1.03 bits per heavy atom. The van der Waals surface area contributed by atoms with Crippen molar-refractivity contribution < 1.29 is 19.0 Å². The minimum Gasteiger partial charge on any atom is -0.491 e. The van der Waals surface area contributed by atoms with Crippen molar-refractivity contribution in [2.75, 3.05) is 32.8 Å². The minimum absolute atomic E-state index is 0.0647. The van der Waals surface area contributed by atoms with Crippen LogP contribution in [-0.4, -0.2) is 61.5 Å². The molecule has 0 spiro atoms. The first kappa shape index (κ1) is 26.0. The Morgan fingerprint density at radius 2 is 1.75 bits per heavy atom. The molecule has 1 fully saturated rings. The van der Waals surface area contributed by atoms with Gasteiger partial charge in [0, 0.05) is 24.9 Å². The monoisotopic (exact) mass is 493 g/mol. The molecule has 7 heteroatoms. The summed E-state index contributed by atoms with van der Waals surface area (Å²) < 4.78 is 17.1. The van der Waals surface area contributed by atoms with Crippen molar-refractivity contribution in [2.45, 2.75) is 64.5 Å². The maximum absolute atomic E-state index is 12.6. The molecule has 0 saturated carbocycles. The Labute approximate surface area is 214 Å². The third kappa shape index (κ3) is 7.72. The lowest BCUT2D eigenvalue weighted by atomic mass is 10.0. The van der Waals surface area contributed by atoms with Gasteiger partial charge in [0.1, 0.15) is 19.0 Å². The van der Waals surface area contributed by atoms with Crippen LogP contribution in [0.25, 0.3) is 0 Å². The van der Waals surface area contributed by atoms with Crippen LogP contribution in [0.1, 0.15) is 61.9 Å². The number of carbonyl (C=O) groups is 1. The number of benzene rings is 2. The van der Waals surface area contributed by atoms with E-state index in [1.165, 1.54) is 18.4 Å². The van der Waals surface area contributed by atoms with Crippen LogP contribution in [0.4, 0.5) is 0 Å². The van der Waals surface area contributed by atoms with Crippen molar-refractivity contribution in [3.05, 3.63) is 53.6 Å². The van der Waals surface area contributed by atoms with Gasteiger partial charge in [-0.15, -0.1) is 0 Å². The van der Waals surface area contributed by atoms with Crippen molar-refractivity contribution in [3.8, 4) is 17.2 Å². The zero-order valence-corrected chi connectivity index (χ0v) is 21.6. The summed E-state index contributed by atoms with van der Waals surface area (Å²) in [4.78, 5) is 20.0. The fourth-order valence-corrected chi connectivity index (χ4v) is 4.77. The molecule has 0 amide bonds. The number of ketones is 1. The van der Waals surface area contributed by atoms with Gasteiger partial charge in [-0.1, -0.05) is 6.07 Å². The van der Waals surface area contributed by atoms with Crippen molar-refractivity contribution in [2.24, 2.45) is 10.7 Å². The average molecular weight is 494 g/mol. The van der Waals surface area contributed by atoms with Crippen LogP contribution >= 0.6 is 0 Å². The number of aliphatic imine (C=N–C) groups is 1. The third-order valence-electron chi connectivity index (χ3n) is 6.48. The summed E-state index contributed by atoms with van der Waals surface area (Å²) in [6, 6.07) is 13.6. The van der Waals surface area contributed by atoms with Crippen LogP contribution in [0, 0.1) is 0 Å². The van der Waals surface area contributed by atoms with E-state index in [4.69, 9.17) is 24.9 Å². The predicted molar refractivity (Wildman–Crippen MR) is 143 cm³/mol. The van der Waals surface area contributed by atoms with E-state index in [2.05, 4.69) is 17.0 Å². The fourth-order valence-electron chi connectivity index (χ4n) is 4.77. The van der Waals surface area contributed by atoms with E-state index in [1.54, 1.807) is 0 Å². The van der Waals surface area contributed by atoms with E-state index in [9.17, 15) is 4.79 Å². The lowest BCUT2D eigenvalue weighted by Crippen LogP contribution is -2.32. The predicted octanol–water partition coefficient (Wildman–Crippen LogP) is 4.66. The van der Waals surface area contributed by atoms with E-state index in [0.717, 1.165) is 43.3 Å². The van der Waals surface area contributed by atoms with Crippen molar-refractivity contribution in [1.29, 1.82) is 0 Å². The quantitative estimate of drug-likeness (QED) is 0.263. The summed E-state index contributed by atoms with van der Waals surface area (Å²) in [7, 11) is 0. The zero-order valence-electron chi connectivity index (χ0n) is 21.6. The maximum atomic E-state index is 12.6. The van der Waals surface area contributed by atoms with Gasteiger partial charge in [0.25, 0.3) is 0 Å². The zero-order chi connectivity index (χ0) is 25.3. The second-order valence-electron chi connectivity index (χ2n) is 9.93. The first-order valence-corrected chi connectivity index (χ1v) is 13.2. The van der Waals surface area contributed by atoms with Gasteiger partial charge < -0.3 is 24.8 Å². The number of amidine groups is 1. The summed E-state index contributed by atoms with van der Waals surface area (Å²) >= 11 is 0. The Balaban J connectivity index is 1.33. The summed E-state index contributed by atoms with van der Waals surface area (Å²) in [5.74, 6) is 3.11. The molecule has 2 aromatic rings. The maximum Gasteiger partial charge on any atom is 0.162 e. The van der Waals surface area contributed by atoms with Gasteiger partial charge in [-0.05, 0) is 94.6 Å². The van der Waals surface area contributed by atoms with Gasteiger partial charge in [-0.3, -0.25) is 9.79 Å². The number of ether oxygens (including phenoxy) is 3. The molecule has 0 aliphatic carbocycles. The van der Waals surface area contributed by atoms with E-state index >= 15 is 0 Å². The van der Waals surface area contributed by atoms with E-state index in [0.29, 0.717) is 43.9 Å². The smallest absolute Gasteiger partial charge is 0.162 e. The highest BCUT2D eigenvalue weighted by Gasteiger charge is 2.20. The average Bonchev–Trinajstić information content (AvgIpc) is 3.37. The number of hydrogen-bond acceptors (Lipinski definition) is 6. The largest absolute Gasteiger partial charge is 0.491 e. The molecule has 2 heterocycles. The number of fused-ring (bicyclic) bond motifs is 1. The van der Waals surface area contributed by atoms with Crippen LogP contribution in [0.15, 0.2) is 47.5 Å². The molecular formula is C29H39N3O4. The summed E-state index contributed by atoms with van der Waals surface area (Å²) in [6.45, 7) is 8.25. The van der Waals surface area contributed by atoms with Crippen molar-refractivity contribution >= 4 is 11.6 Å². The summed E-state index contributed by atoms with van der Waals surface area (Å²) in [5.41, 5.74) is 8.23. The summed E-state index contributed by atoms with van der Waals surface area (Å²) in [5, 5.41) is 0. The minimum atomic E-state index is 0.0647.